The summed E-state index contributed by atoms with van der Waals surface area (Å²) in [6.07, 6.45) is 5.82. The summed E-state index contributed by atoms with van der Waals surface area (Å²) in [6.45, 7) is 8.82. The first-order chi connectivity index (χ1) is 10.1. The highest BCUT2D eigenvalue weighted by molar-refractivity contribution is 5.23. The zero-order chi connectivity index (χ0) is 15.1. The van der Waals surface area contributed by atoms with Gasteiger partial charge in [-0.2, -0.15) is 0 Å². The Bertz CT molecular complexity index is 505. The van der Waals surface area contributed by atoms with Crippen molar-refractivity contribution in [3.05, 3.63) is 48.3 Å². The van der Waals surface area contributed by atoms with Crippen LogP contribution in [0.2, 0.25) is 0 Å². The highest BCUT2D eigenvalue weighted by Crippen LogP contribution is 2.27. The van der Waals surface area contributed by atoms with Crippen LogP contribution in [0.4, 0.5) is 0 Å². The zero-order valence-corrected chi connectivity index (χ0v) is 13.3. The number of hydrogen-bond acceptors (Lipinski definition) is 3. The van der Waals surface area contributed by atoms with E-state index >= 15 is 0 Å². The topological polar surface area (TPSA) is 42.7 Å². The van der Waals surface area contributed by atoms with Crippen LogP contribution >= 0.6 is 0 Å². The Kier molecular flexibility index (Phi) is 5.51. The summed E-state index contributed by atoms with van der Waals surface area (Å²) in [6, 6.07) is 11.2. The number of nitrogens with zero attached hydrogens (tertiary/aromatic N) is 3. The fraction of sp³-hybridized carbons (Fsp3) is 0.529. The van der Waals surface area contributed by atoms with Crippen molar-refractivity contribution in [2.24, 2.45) is 0 Å². The molecule has 0 saturated carbocycles. The second-order valence-electron chi connectivity index (χ2n) is 6.33. The van der Waals surface area contributed by atoms with Crippen LogP contribution in [0, 0.1) is 0 Å². The Balaban J connectivity index is 1.72. The molecule has 4 nitrogen and oxygen atoms in total. The number of hydrogen-bond donors (Lipinski definition) is 1. The van der Waals surface area contributed by atoms with Gasteiger partial charge in [-0.3, -0.25) is 4.68 Å². The highest BCUT2D eigenvalue weighted by atomic mass is 15.4. The lowest BCUT2D eigenvalue weighted by atomic mass is 9.79. The predicted octanol–water partition coefficient (Wildman–Crippen LogP) is 3.01. The number of benzene rings is 1. The van der Waals surface area contributed by atoms with Crippen molar-refractivity contribution in [2.75, 3.05) is 6.54 Å². The number of aryl methyl sites for hydroxylation is 1. The minimum Gasteiger partial charge on any atom is -0.314 e. The lowest BCUT2D eigenvalue weighted by Crippen LogP contribution is -2.34. The summed E-state index contributed by atoms with van der Waals surface area (Å²) >= 11 is 0. The van der Waals surface area contributed by atoms with Gasteiger partial charge in [0.05, 0.1) is 6.20 Å². The lowest BCUT2D eigenvalue weighted by Gasteiger charge is -2.29. The summed E-state index contributed by atoms with van der Waals surface area (Å²) in [5.41, 5.74) is 1.60. The Morgan fingerprint density at radius 1 is 1.24 bits per heavy atom. The van der Waals surface area contributed by atoms with Crippen LogP contribution in [-0.4, -0.2) is 27.6 Å². The van der Waals surface area contributed by atoms with Crippen molar-refractivity contribution in [1.82, 2.24) is 20.3 Å². The van der Waals surface area contributed by atoms with E-state index in [1.807, 2.05) is 10.9 Å². The SMILES string of the molecule is CC(CC(C)(C)c1ccccc1)NCCCn1ccnn1. The van der Waals surface area contributed by atoms with E-state index in [1.54, 1.807) is 6.20 Å². The van der Waals surface area contributed by atoms with Gasteiger partial charge in [-0.1, -0.05) is 49.4 Å². The average Bonchev–Trinajstić information content (AvgIpc) is 2.97. The molecule has 0 fully saturated rings. The van der Waals surface area contributed by atoms with E-state index in [4.69, 9.17) is 0 Å². The van der Waals surface area contributed by atoms with Crippen LogP contribution in [0.15, 0.2) is 42.7 Å². The van der Waals surface area contributed by atoms with Gasteiger partial charge in [-0.15, -0.1) is 5.10 Å². The monoisotopic (exact) mass is 286 g/mol. The number of rotatable bonds is 8. The molecule has 1 atom stereocenters. The predicted molar refractivity (Wildman–Crippen MR) is 86.2 cm³/mol. The van der Waals surface area contributed by atoms with E-state index in [9.17, 15) is 0 Å². The minimum absolute atomic E-state index is 0.194. The van der Waals surface area contributed by atoms with Gasteiger partial charge in [0.2, 0.25) is 0 Å². The van der Waals surface area contributed by atoms with Crippen molar-refractivity contribution in [3.63, 3.8) is 0 Å². The van der Waals surface area contributed by atoms with Gasteiger partial charge >= 0.3 is 0 Å². The summed E-state index contributed by atoms with van der Waals surface area (Å²) in [7, 11) is 0. The summed E-state index contributed by atoms with van der Waals surface area (Å²) in [5, 5.41) is 11.4. The molecule has 0 bridgehead atoms. The molecule has 1 aromatic carbocycles. The van der Waals surface area contributed by atoms with Gasteiger partial charge in [-0.25, -0.2) is 0 Å². The van der Waals surface area contributed by atoms with Crippen molar-refractivity contribution in [1.29, 1.82) is 0 Å². The van der Waals surface area contributed by atoms with E-state index in [0.29, 0.717) is 6.04 Å². The summed E-state index contributed by atoms with van der Waals surface area (Å²) in [5.74, 6) is 0. The Labute approximate surface area is 127 Å². The molecule has 21 heavy (non-hydrogen) atoms. The fourth-order valence-corrected chi connectivity index (χ4v) is 2.79. The van der Waals surface area contributed by atoms with Crippen molar-refractivity contribution in [3.8, 4) is 0 Å². The van der Waals surface area contributed by atoms with Crippen LogP contribution in [-0.2, 0) is 12.0 Å². The van der Waals surface area contributed by atoms with Gasteiger partial charge in [-0.05, 0) is 37.3 Å². The molecule has 1 unspecified atom stereocenters. The molecule has 0 radical (unpaired) electrons. The summed E-state index contributed by atoms with van der Waals surface area (Å²) < 4.78 is 1.88. The van der Waals surface area contributed by atoms with Crippen LogP contribution in [0.1, 0.15) is 39.2 Å². The molecule has 1 N–H and O–H groups in total. The van der Waals surface area contributed by atoms with Crippen LogP contribution in [0.3, 0.4) is 0 Å². The third-order valence-electron chi connectivity index (χ3n) is 3.90. The zero-order valence-electron chi connectivity index (χ0n) is 13.3. The molecule has 1 aromatic heterocycles. The van der Waals surface area contributed by atoms with Gasteiger partial charge in [0, 0.05) is 18.8 Å². The van der Waals surface area contributed by atoms with Gasteiger partial charge in [0.1, 0.15) is 0 Å². The molecule has 0 aliphatic carbocycles. The number of aromatic nitrogens is 3. The molecule has 0 spiro atoms. The second kappa shape index (κ2) is 7.36. The average molecular weight is 286 g/mol. The summed E-state index contributed by atoms with van der Waals surface area (Å²) in [4.78, 5) is 0. The lowest BCUT2D eigenvalue weighted by molar-refractivity contribution is 0.382. The molecule has 2 rings (SSSR count). The van der Waals surface area contributed by atoms with E-state index in [2.05, 4.69) is 66.7 Å². The Hall–Kier alpha value is -1.68. The Morgan fingerprint density at radius 2 is 2.00 bits per heavy atom. The maximum atomic E-state index is 3.97. The Morgan fingerprint density at radius 3 is 2.67 bits per heavy atom. The third kappa shape index (κ3) is 4.97. The quantitative estimate of drug-likeness (QED) is 0.759. The van der Waals surface area contributed by atoms with Gasteiger partial charge in [0.25, 0.3) is 0 Å². The molecule has 4 heteroatoms. The van der Waals surface area contributed by atoms with Crippen LogP contribution < -0.4 is 5.32 Å². The maximum absolute atomic E-state index is 3.97. The van der Waals surface area contributed by atoms with Gasteiger partial charge in [0.15, 0.2) is 0 Å². The molecule has 0 saturated heterocycles. The van der Waals surface area contributed by atoms with Gasteiger partial charge < -0.3 is 5.32 Å². The highest BCUT2D eigenvalue weighted by Gasteiger charge is 2.22. The molecule has 1 heterocycles. The molecule has 2 aromatic rings. The van der Waals surface area contributed by atoms with E-state index in [-0.39, 0.29) is 5.41 Å². The molecule has 0 amide bonds. The van der Waals surface area contributed by atoms with Crippen molar-refractivity contribution in [2.45, 2.75) is 51.6 Å². The first kappa shape index (κ1) is 15.7. The van der Waals surface area contributed by atoms with Crippen LogP contribution in [0.25, 0.3) is 0 Å². The van der Waals surface area contributed by atoms with Crippen molar-refractivity contribution >= 4 is 0 Å². The van der Waals surface area contributed by atoms with E-state index in [1.165, 1.54) is 5.56 Å². The molecule has 0 aliphatic rings. The molecule has 114 valence electrons. The standard InChI is InChI=1S/C17H26N4/c1-15(18-10-7-12-21-13-11-19-20-21)14-17(2,3)16-8-5-4-6-9-16/h4-6,8-9,11,13,15,18H,7,10,12,14H2,1-3H3. The first-order valence-corrected chi connectivity index (χ1v) is 7.71. The number of nitrogens with one attached hydrogen (secondary N) is 1. The minimum atomic E-state index is 0.194. The van der Waals surface area contributed by atoms with Crippen molar-refractivity contribution < 1.29 is 0 Å². The fourth-order valence-electron chi connectivity index (χ4n) is 2.79. The van der Waals surface area contributed by atoms with E-state index in [0.717, 1.165) is 25.9 Å². The molecular weight excluding hydrogens is 260 g/mol. The van der Waals surface area contributed by atoms with E-state index < -0.39 is 0 Å². The maximum Gasteiger partial charge on any atom is 0.0692 e. The smallest absolute Gasteiger partial charge is 0.0692 e. The first-order valence-electron chi connectivity index (χ1n) is 7.71. The normalized spacial score (nSPS) is 13.3. The second-order valence-corrected chi connectivity index (χ2v) is 6.33. The third-order valence-corrected chi connectivity index (χ3v) is 3.90. The molecule has 0 aliphatic heterocycles. The van der Waals surface area contributed by atoms with Crippen LogP contribution in [0.5, 0.6) is 0 Å². The molecular formula is C17H26N4. The largest absolute Gasteiger partial charge is 0.314 e.